The van der Waals surface area contributed by atoms with Gasteiger partial charge in [0, 0.05) is 24.7 Å². The lowest BCUT2D eigenvalue weighted by Crippen LogP contribution is -2.04. The van der Waals surface area contributed by atoms with Gasteiger partial charge in [0.15, 0.2) is 11.6 Å². The molecule has 0 fully saturated rings. The number of rotatable bonds is 2. The molecule has 0 aliphatic rings. The molecule has 2 aromatic heterocycles. The summed E-state index contributed by atoms with van der Waals surface area (Å²) in [6.07, 6.45) is 4.79. The Morgan fingerprint density at radius 3 is 2.50 bits per heavy atom. The minimum atomic E-state index is 0.332. The molecular formula is C10H15N5O. The Hall–Kier alpha value is -2.11. The molecule has 2 aromatic rings. The van der Waals surface area contributed by atoms with Gasteiger partial charge in [0.05, 0.1) is 7.11 Å². The highest BCUT2D eigenvalue weighted by atomic mass is 16.5. The molecule has 6 heteroatoms. The molecule has 0 aliphatic carbocycles. The van der Waals surface area contributed by atoms with Crippen molar-refractivity contribution in [1.29, 1.82) is 0 Å². The van der Waals surface area contributed by atoms with Crippen LogP contribution in [0.4, 0.5) is 5.82 Å². The van der Waals surface area contributed by atoms with Crippen LogP contribution < -0.4 is 10.5 Å². The third-order valence-corrected chi connectivity index (χ3v) is 1.70. The first-order valence-corrected chi connectivity index (χ1v) is 4.98. The number of anilines is 1. The van der Waals surface area contributed by atoms with Crippen LogP contribution in [0.3, 0.4) is 0 Å². The summed E-state index contributed by atoms with van der Waals surface area (Å²) >= 11 is 0. The zero-order chi connectivity index (χ0) is 12.0. The highest BCUT2D eigenvalue weighted by molar-refractivity contribution is 5.45. The lowest BCUT2D eigenvalue weighted by Gasteiger charge is -2.01. The lowest BCUT2D eigenvalue weighted by atomic mass is 10.6. The van der Waals surface area contributed by atoms with Gasteiger partial charge < -0.3 is 10.5 Å². The van der Waals surface area contributed by atoms with Crippen LogP contribution in [0.5, 0.6) is 5.88 Å². The van der Waals surface area contributed by atoms with Crippen LogP contribution in [0.2, 0.25) is 0 Å². The molecule has 6 nitrogen and oxygen atoms in total. The Morgan fingerprint density at radius 1 is 1.25 bits per heavy atom. The third-order valence-electron chi connectivity index (χ3n) is 1.70. The van der Waals surface area contributed by atoms with Gasteiger partial charge in [-0.05, 0) is 0 Å². The zero-order valence-electron chi connectivity index (χ0n) is 9.58. The molecule has 0 bridgehead atoms. The van der Waals surface area contributed by atoms with E-state index in [1.807, 2.05) is 13.8 Å². The van der Waals surface area contributed by atoms with E-state index in [1.54, 1.807) is 25.6 Å². The van der Waals surface area contributed by atoms with Crippen LogP contribution in [0, 0.1) is 0 Å². The SMILES string of the molecule is CC.COc1ccn(-c2nccnc2N)n1. The summed E-state index contributed by atoms with van der Waals surface area (Å²) in [4.78, 5) is 7.96. The molecule has 0 aromatic carbocycles. The van der Waals surface area contributed by atoms with E-state index in [0.29, 0.717) is 17.5 Å². The second-order valence-electron chi connectivity index (χ2n) is 2.57. The third kappa shape index (κ3) is 2.47. The quantitative estimate of drug-likeness (QED) is 0.826. The lowest BCUT2D eigenvalue weighted by molar-refractivity contribution is 0.394. The molecule has 2 rings (SSSR count). The fourth-order valence-electron chi connectivity index (χ4n) is 1.05. The van der Waals surface area contributed by atoms with Gasteiger partial charge in [-0.15, -0.1) is 5.10 Å². The van der Waals surface area contributed by atoms with Crippen molar-refractivity contribution in [2.24, 2.45) is 0 Å². The Balaban J connectivity index is 0.000000606. The van der Waals surface area contributed by atoms with Crippen molar-refractivity contribution in [2.75, 3.05) is 12.8 Å². The highest BCUT2D eigenvalue weighted by Gasteiger charge is 2.05. The smallest absolute Gasteiger partial charge is 0.232 e. The minimum Gasteiger partial charge on any atom is -0.480 e. The molecule has 0 spiro atoms. The Morgan fingerprint density at radius 2 is 1.94 bits per heavy atom. The van der Waals surface area contributed by atoms with Crippen LogP contribution in [0.1, 0.15) is 13.8 Å². The number of hydrogen-bond acceptors (Lipinski definition) is 5. The Labute approximate surface area is 94.1 Å². The van der Waals surface area contributed by atoms with E-state index in [9.17, 15) is 0 Å². The van der Waals surface area contributed by atoms with Gasteiger partial charge in [0.25, 0.3) is 0 Å². The van der Waals surface area contributed by atoms with E-state index in [0.717, 1.165) is 0 Å². The van der Waals surface area contributed by atoms with E-state index in [4.69, 9.17) is 10.5 Å². The van der Waals surface area contributed by atoms with E-state index in [-0.39, 0.29) is 0 Å². The predicted molar refractivity (Wildman–Crippen MR) is 61.5 cm³/mol. The number of aromatic nitrogens is 4. The van der Waals surface area contributed by atoms with Crippen molar-refractivity contribution in [3.8, 4) is 11.7 Å². The first-order chi connectivity index (χ1) is 7.81. The minimum absolute atomic E-state index is 0.332. The van der Waals surface area contributed by atoms with Crippen molar-refractivity contribution in [3.05, 3.63) is 24.7 Å². The number of methoxy groups -OCH3 is 1. The second kappa shape index (κ2) is 5.69. The Kier molecular flexibility index (Phi) is 4.26. The van der Waals surface area contributed by atoms with E-state index >= 15 is 0 Å². The van der Waals surface area contributed by atoms with Crippen LogP contribution in [-0.4, -0.2) is 26.9 Å². The van der Waals surface area contributed by atoms with Gasteiger partial charge >= 0.3 is 0 Å². The van der Waals surface area contributed by atoms with E-state index in [1.165, 1.54) is 10.9 Å². The Bertz CT molecular complexity index is 440. The predicted octanol–water partition coefficient (Wildman–Crippen LogP) is 1.28. The molecule has 0 radical (unpaired) electrons. The van der Waals surface area contributed by atoms with Crippen molar-refractivity contribution < 1.29 is 4.74 Å². The highest BCUT2D eigenvalue weighted by Crippen LogP contribution is 2.12. The summed E-state index contributed by atoms with van der Waals surface area (Å²) in [6.45, 7) is 4.00. The number of nitrogens with zero attached hydrogens (tertiary/aromatic N) is 4. The molecule has 0 unspecified atom stereocenters. The molecule has 16 heavy (non-hydrogen) atoms. The first kappa shape index (κ1) is 12.0. The number of hydrogen-bond donors (Lipinski definition) is 1. The van der Waals surface area contributed by atoms with Crippen molar-refractivity contribution in [1.82, 2.24) is 19.7 Å². The van der Waals surface area contributed by atoms with Crippen molar-refractivity contribution >= 4 is 5.82 Å². The monoisotopic (exact) mass is 221 g/mol. The van der Waals surface area contributed by atoms with Gasteiger partial charge in [0.1, 0.15) is 0 Å². The van der Waals surface area contributed by atoms with Crippen LogP contribution in [-0.2, 0) is 0 Å². The van der Waals surface area contributed by atoms with Gasteiger partial charge in [-0.25, -0.2) is 14.6 Å². The number of nitrogens with two attached hydrogens (primary N) is 1. The first-order valence-electron chi connectivity index (χ1n) is 4.98. The zero-order valence-corrected chi connectivity index (χ0v) is 9.58. The average molecular weight is 221 g/mol. The molecule has 0 saturated carbocycles. The van der Waals surface area contributed by atoms with Crippen LogP contribution in [0.15, 0.2) is 24.7 Å². The molecule has 86 valence electrons. The van der Waals surface area contributed by atoms with E-state index < -0.39 is 0 Å². The largest absolute Gasteiger partial charge is 0.480 e. The van der Waals surface area contributed by atoms with Crippen molar-refractivity contribution in [3.63, 3.8) is 0 Å². The molecule has 0 amide bonds. The summed E-state index contributed by atoms with van der Waals surface area (Å²) in [7, 11) is 1.55. The standard InChI is InChI=1S/C8H9N5O.C2H6/c1-14-6-2-5-13(12-6)8-7(9)10-3-4-11-8;1-2/h2-5H,1H3,(H2,9,10);1-2H3. The fraction of sp³-hybridized carbons (Fsp3) is 0.300. The topological polar surface area (TPSA) is 78.8 Å². The fourth-order valence-corrected chi connectivity index (χ4v) is 1.05. The van der Waals surface area contributed by atoms with Gasteiger partial charge in [-0.3, -0.25) is 0 Å². The van der Waals surface area contributed by atoms with E-state index in [2.05, 4.69) is 15.1 Å². The van der Waals surface area contributed by atoms with Crippen molar-refractivity contribution in [2.45, 2.75) is 13.8 Å². The second-order valence-corrected chi connectivity index (χ2v) is 2.57. The maximum Gasteiger partial charge on any atom is 0.232 e. The summed E-state index contributed by atoms with van der Waals surface area (Å²) in [6, 6.07) is 1.72. The molecule has 0 aliphatic heterocycles. The molecule has 2 N–H and O–H groups in total. The molecule has 2 heterocycles. The molecular weight excluding hydrogens is 206 g/mol. The maximum atomic E-state index is 5.63. The summed E-state index contributed by atoms with van der Waals surface area (Å²) in [5.41, 5.74) is 5.63. The molecule has 0 atom stereocenters. The normalized spacial score (nSPS) is 9.19. The number of ether oxygens (including phenoxy) is 1. The van der Waals surface area contributed by atoms with Gasteiger partial charge in [-0.1, -0.05) is 13.8 Å². The maximum absolute atomic E-state index is 5.63. The number of nitrogen functional groups attached to an aromatic ring is 1. The van der Waals surface area contributed by atoms with Crippen LogP contribution in [0.25, 0.3) is 5.82 Å². The van der Waals surface area contributed by atoms with Gasteiger partial charge in [-0.2, -0.15) is 0 Å². The summed E-state index contributed by atoms with van der Waals surface area (Å²) in [5.74, 6) is 1.34. The van der Waals surface area contributed by atoms with Gasteiger partial charge in [0.2, 0.25) is 5.88 Å². The van der Waals surface area contributed by atoms with Crippen LogP contribution >= 0.6 is 0 Å². The average Bonchev–Trinajstić information content (AvgIpc) is 2.81. The molecule has 0 saturated heterocycles. The summed E-state index contributed by atoms with van der Waals surface area (Å²) in [5, 5.41) is 4.07. The summed E-state index contributed by atoms with van der Waals surface area (Å²) < 4.78 is 6.45.